The molecule has 354 valence electrons. The molecule has 2 unspecified atom stereocenters. The van der Waals surface area contributed by atoms with Gasteiger partial charge in [-0.2, -0.15) is 0 Å². The van der Waals surface area contributed by atoms with Crippen molar-refractivity contribution in [3.8, 4) is 0 Å². The molecule has 0 radical (unpaired) electrons. The number of quaternary nitrogens is 1. The number of carbonyl (C=O) groups excluding carboxylic acids is 1. The average Bonchev–Trinajstić information content (AvgIpc) is 3.22. The Labute approximate surface area is 376 Å². The van der Waals surface area contributed by atoms with E-state index in [9.17, 15) is 14.3 Å². The molecule has 0 aromatic heterocycles. The van der Waals surface area contributed by atoms with E-state index in [-0.39, 0.29) is 25.8 Å². The molecule has 0 saturated heterocycles. The molecule has 0 spiro atoms. The summed E-state index contributed by atoms with van der Waals surface area (Å²) < 4.78 is 35.1. The minimum atomic E-state index is -4.29. The average molecular weight is 877 g/mol. The van der Waals surface area contributed by atoms with Gasteiger partial charge in [-0.3, -0.25) is 13.8 Å². The molecular formula is C52H95NO7P+. The molecule has 0 aromatic rings. The first kappa shape index (κ1) is 58.9. The van der Waals surface area contributed by atoms with Gasteiger partial charge in [-0.25, -0.2) is 4.57 Å². The fourth-order valence-electron chi connectivity index (χ4n) is 6.46. The summed E-state index contributed by atoms with van der Waals surface area (Å²) in [7, 11) is 1.65. The van der Waals surface area contributed by atoms with Gasteiger partial charge in [-0.15, -0.1) is 0 Å². The molecule has 0 aliphatic carbocycles. The Bertz CT molecular complexity index is 1200. The van der Waals surface area contributed by atoms with Crippen molar-refractivity contribution in [2.45, 2.75) is 200 Å². The van der Waals surface area contributed by atoms with Crippen LogP contribution in [0, 0.1) is 0 Å². The molecule has 0 aliphatic rings. The lowest BCUT2D eigenvalue weighted by Gasteiger charge is -2.24. The molecule has 9 heteroatoms. The maximum atomic E-state index is 12.8. The third-order valence-electron chi connectivity index (χ3n) is 10.3. The third-order valence-corrected chi connectivity index (χ3v) is 11.2. The van der Waals surface area contributed by atoms with Gasteiger partial charge in [0.2, 0.25) is 0 Å². The van der Waals surface area contributed by atoms with Crippen molar-refractivity contribution < 1.29 is 37.3 Å². The highest BCUT2D eigenvalue weighted by Gasteiger charge is 2.26. The van der Waals surface area contributed by atoms with Gasteiger partial charge in [0.15, 0.2) is 0 Å². The Morgan fingerprint density at radius 3 is 1.43 bits per heavy atom. The van der Waals surface area contributed by atoms with E-state index in [1.165, 1.54) is 103 Å². The van der Waals surface area contributed by atoms with Crippen LogP contribution in [-0.4, -0.2) is 75.6 Å². The normalized spacial score (nSPS) is 14.3. The second kappa shape index (κ2) is 44.5. The van der Waals surface area contributed by atoms with Crippen molar-refractivity contribution in [3.05, 3.63) is 72.9 Å². The monoisotopic (exact) mass is 877 g/mol. The Hall–Kier alpha value is -2.06. The van der Waals surface area contributed by atoms with E-state index in [1.807, 2.05) is 21.1 Å². The van der Waals surface area contributed by atoms with Crippen LogP contribution in [-0.2, 0) is 27.9 Å². The quantitative estimate of drug-likeness (QED) is 0.0214. The number of unbranched alkanes of at least 4 members (excludes halogenated alkanes) is 19. The molecule has 0 heterocycles. The Morgan fingerprint density at radius 1 is 0.525 bits per heavy atom. The van der Waals surface area contributed by atoms with Crippen LogP contribution in [0.2, 0.25) is 0 Å². The van der Waals surface area contributed by atoms with E-state index in [0.29, 0.717) is 24.1 Å². The van der Waals surface area contributed by atoms with Gasteiger partial charge in [0.25, 0.3) is 0 Å². The number of phosphoric acid groups is 1. The topological polar surface area (TPSA) is 91.3 Å². The minimum Gasteiger partial charge on any atom is -0.457 e. The lowest BCUT2D eigenvalue weighted by molar-refractivity contribution is -0.870. The predicted octanol–water partition coefficient (Wildman–Crippen LogP) is 15.1. The molecule has 2 atom stereocenters. The van der Waals surface area contributed by atoms with Gasteiger partial charge < -0.3 is 18.9 Å². The van der Waals surface area contributed by atoms with Crippen LogP contribution in [0.4, 0.5) is 0 Å². The van der Waals surface area contributed by atoms with Gasteiger partial charge in [0, 0.05) is 13.0 Å². The van der Waals surface area contributed by atoms with Gasteiger partial charge in [-0.05, 0) is 83.5 Å². The molecule has 8 nitrogen and oxygen atoms in total. The number of ether oxygens (including phenoxy) is 2. The number of rotatable bonds is 45. The van der Waals surface area contributed by atoms with Crippen molar-refractivity contribution in [2.24, 2.45) is 0 Å². The molecule has 0 rings (SSSR count). The number of phosphoric ester groups is 1. The Morgan fingerprint density at radius 2 is 0.951 bits per heavy atom. The fourth-order valence-corrected chi connectivity index (χ4v) is 7.20. The highest BCUT2D eigenvalue weighted by Crippen LogP contribution is 2.43. The SMILES string of the molecule is CC/C=C\C/C=C\C/C=C\C/C=C\CCCCCCCCCCCCC(=O)OC(COCCCCCCCC/C=C\C/C=C\CCCCC)COP(=O)(O)OCC[N+](C)(C)C. The Balaban J connectivity index is 4.18. The maximum Gasteiger partial charge on any atom is 0.472 e. The van der Waals surface area contributed by atoms with Crippen molar-refractivity contribution in [1.29, 1.82) is 0 Å². The van der Waals surface area contributed by atoms with E-state index < -0.39 is 13.9 Å². The molecule has 61 heavy (non-hydrogen) atoms. The van der Waals surface area contributed by atoms with E-state index in [2.05, 4.69) is 86.8 Å². The first-order valence-corrected chi connectivity index (χ1v) is 26.2. The number of esters is 1. The van der Waals surface area contributed by atoms with Crippen LogP contribution in [0.3, 0.4) is 0 Å². The van der Waals surface area contributed by atoms with Crippen LogP contribution in [0.25, 0.3) is 0 Å². The molecule has 0 bridgehead atoms. The summed E-state index contributed by atoms with van der Waals surface area (Å²) >= 11 is 0. The van der Waals surface area contributed by atoms with E-state index in [0.717, 1.165) is 70.6 Å². The van der Waals surface area contributed by atoms with Crippen molar-refractivity contribution in [1.82, 2.24) is 0 Å². The number of nitrogens with zero attached hydrogens (tertiary/aromatic N) is 1. The lowest BCUT2D eigenvalue weighted by Crippen LogP contribution is -2.37. The smallest absolute Gasteiger partial charge is 0.457 e. The van der Waals surface area contributed by atoms with Crippen LogP contribution in [0.1, 0.15) is 194 Å². The number of hydrogen-bond donors (Lipinski definition) is 1. The van der Waals surface area contributed by atoms with Crippen molar-refractivity contribution >= 4 is 13.8 Å². The molecule has 0 aliphatic heterocycles. The van der Waals surface area contributed by atoms with E-state index >= 15 is 0 Å². The first-order chi connectivity index (χ1) is 29.6. The second-order valence-corrected chi connectivity index (χ2v) is 18.9. The first-order valence-electron chi connectivity index (χ1n) is 24.7. The standard InChI is InChI=1S/C52H94NO7P/c1-6-8-10-12-14-16-18-20-22-24-25-26-27-28-29-30-31-33-35-37-39-41-43-45-52(54)60-51(50-59-61(55,56)58-48-46-53(3,4)5)49-57-47-44-42-40-38-36-34-32-23-21-19-17-15-13-11-9-7-2/h8,10,14-17,20-23,25-26,51H,6-7,9,11-13,18-19,24,27-50H2,1-5H3/p+1/b10-8-,16-14-,17-15-,22-20-,23-21-,26-25-. The molecule has 0 saturated carbocycles. The van der Waals surface area contributed by atoms with Gasteiger partial charge in [-0.1, -0.05) is 177 Å². The summed E-state index contributed by atoms with van der Waals surface area (Å²) in [6.45, 7) is 5.45. The van der Waals surface area contributed by atoms with Gasteiger partial charge >= 0.3 is 13.8 Å². The molecule has 0 fully saturated rings. The van der Waals surface area contributed by atoms with Crippen LogP contribution in [0.15, 0.2) is 72.9 Å². The summed E-state index contributed by atoms with van der Waals surface area (Å²) in [5.41, 5.74) is 0. The van der Waals surface area contributed by atoms with Gasteiger partial charge in [0.05, 0.1) is 34.4 Å². The minimum absolute atomic E-state index is 0.0824. The highest BCUT2D eigenvalue weighted by atomic mass is 31.2. The van der Waals surface area contributed by atoms with Crippen LogP contribution < -0.4 is 0 Å². The van der Waals surface area contributed by atoms with Crippen LogP contribution >= 0.6 is 7.82 Å². The maximum absolute atomic E-state index is 12.8. The van der Waals surface area contributed by atoms with E-state index in [1.54, 1.807) is 0 Å². The van der Waals surface area contributed by atoms with Crippen molar-refractivity contribution in [3.63, 3.8) is 0 Å². The van der Waals surface area contributed by atoms with E-state index in [4.69, 9.17) is 18.5 Å². The predicted molar refractivity (Wildman–Crippen MR) is 261 cm³/mol. The zero-order valence-electron chi connectivity index (χ0n) is 40.1. The summed E-state index contributed by atoms with van der Waals surface area (Å²) in [5, 5.41) is 0. The highest BCUT2D eigenvalue weighted by molar-refractivity contribution is 7.47. The number of allylic oxidation sites excluding steroid dienone is 12. The van der Waals surface area contributed by atoms with Crippen molar-refractivity contribution in [2.75, 3.05) is 54.1 Å². The number of likely N-dealkylation sites (N-methyl/N-ethyl adjacent to an activating group) is 1. The molecular weight excluding hydrogens is 782 g/mol. The second-order valence-electron chi connectivity index (χ2n) is 17.5. The molecule has 0 aromatic carbocycles. The summed E-state index contributed by atoms with van der Waals surface area (Å²) in [5.74, 6) is -0.324. The van der Waals surface area contributed by atoms with Gasteiger partial charge in [0.1, 0.15) is 19.3 Å². The largest absolute Gasteiger partial charge is 0.472 e. The summed E-state index contributed by atoms with van der Waals surface area (Å²) in [6.07, 6.45) is 57.9. The lowest BCUT2D eigenvalue weighted by atomic mass is 10.0. The zero-order chi connectivity index (χ0) is 44.8. The molecule has 0 amide bonds. The third kappa shape index (κ3) is 48.8. The summed E-state index contributed by atoms with van der Waals surface area (Å²) in [4.78, 5) is 23.0. The number of carbonyl (C=O) groups is 1. The summed E-state index contributed by atoms with van der Waals surface area (Å²) in [6, 6.07) is 0. The Kier molecular flexibility index (Phi) is 43.0. The number of hydrogen-bond acceptors (Lipinski definition) is 6. The fraction of sp³-hybridized carbons (Fsp3) is 0.750. The zero-order valence-corrected chi connectivity index (χ0v) is 41.0. The molecule has 1 N–H and O–H groups in total. The van der Waals surface area contributed by atoms with Crippen LogP contribution in [0.5, 0.6) is 0 Å².